The Morgan fingerprint density at radius 1 is 0.763 bits per heavy atom. The fourth-order valence-corrected chi connectivity index (χ4v) is 3.84. The van der Waals surface area contributed by atoms with Crippen molar-refractivity contribution >= 4 is 51.0 Å². The van der Waals surface area contributed by atoms with Gasteiger partial charge in [-0.1, -0.05) is 6.07 Å². The monoisotopic (exact) mass is 515 g/mol. The van der Waals surface area contributed by atoms with E-state index in [0.717, 1.165) is 23.8 Å². The highest BCUT2D eigenvalue weighted by Gasteiger charge is 2.18. The van der Waals surface area contributed by atoms with Gasteiger partial charge in [0.25, 0.3) is 5.69 Å². The Hall–Kier alpha value is -5.60. The molecule has 4 aromatic heterocycles. The lowest BCUT2D eigenvalue weighted by atomic mass is 10.2. The van der Waals surface area contributed by atoms with Gasteiger partial charge < -0.3 is 10.6 Å². The number of imidazole rings is 2. The number of nitro benzene ring substituents is 1. The van der Waals surface area contributed by atoms with Gasteiger partial charge in [-0.2, -0.15) is 0 Å². The lowest BCUT2D eigenvalue weighted by molar-refractivity contribution is -0.384. The molecule has 0 radical (unpaired) electrons. The molecule has 0 aliphatic rings. The van der Waals surface area contributed by atoms with Crippen LogP contribution in [0.4, 0.5) is 37.5 Å². The summed E-state index contributed by atoms with van der Waals surface area (Å²) in [5.74, 6) is -0.721. The number of anilines is 4. The average Bonchev–Trinajstić information content (AvgIpc) is 3.52. The highest BCUT2D eigenvalue weighted by Crippen LogP contribution is 2.28. The number of hydrogen-bond acceptors (Lipinski definition) is 10. The van der Waals surface area contributed by atoms with E-state index in [9.17, 15) is 18.9 Å². The summed E-state index contributed by atoms with van der Waals surface area (Å²) in [5, 5.41) is 16.8. The molecule has 188 valence electrons. The number of fused-ring (bicyclic) bond motifs is 2. The van der Waals surface area contributed by atoms with E-state index in [-0.39, 0.29) is 28.4 Å². The van der Waals surface area contributed by atoms with Gasteiger partial charge >= 0.3 is 0 Å². The van der Waals surface area contributed by atoms with Crippen molar-refractivity contribution in [2.45, 2.75) is 6.92 Å². The van der Waals surface area contributed by atoms with Crippen LogP contribution >= 0.6 is 0 Å². The molecule has 0 aliphatic carbocycles. The summed E-state index contributed by atoms with van der Waals surface area (Å²) < 4.78 is 31.8. The molecule has 13 nitrogen and oxygen atoms in total. The SMILES string of the molecule is Cc1ccc(Nc2ncnc3c2ncn3-n2cnc3c(Nc4cc([N+](=O)[O-])ccc4F)ncnc32)c(F)c1. The van der Waals surface area contributed by atoms with E-state index in [1.807, 2.05) is 0 Å². The molecule has 6 aromatic rings. The highest BCUT2D eigenvalue weighted by molar-refractivity contribution is 5.87. The smallest absolute Gasteiger partial charge is 0.271 e. The first kappa shape index (κ1) is 22.8. The predicted molar refractivity (Wildman–Crippen MR) is 132 cm³/mol. The van der Waals surface area contributed by atoms with Gasteiger partial charge in [0.15, 0.2) is 34.0 Å². The quantitative estimate of drug-likeness (QED) is 0.243. The van der Waals surface area contributed by atoms with Crippen molar-refractivity contribution in [3.05, 3.63) is 89.0 Å². The molecule has 0 saturated carbocycles. The summed E-state index contributed by atoms with van der Waals surface area (Å²) in [4.78, 5) is 36.1. The number of hydrogen-bond donors (Lipinski definition) is 2. The van der Waals surface area contributed by atoms with Gasteiger partial charge in [-0.3, -0.25) is 10.1 Å². The van der Waals surface area contributed by atoms with E-state index in [4.69, 9.17) is 0 Å². The molecule has 0 amide bonds. The molecule has 15 heteroatoms. The second-order valence-corrected chi connectivity index (χ2v) is 8.12. The summed E-state index contributed by atoms with van der Waals surface area (Å²) in [5.41, 5.74) is 1.88. The van der Waals surface area contributed by atoms with Gasteiger partial charge in [-0.15, -0.1) is 0 Å². The van der Waals surface area contributed by atoms with Gasteiger partial charge in [0.2, 0.25) is 0 Å². The molecular formula is C23H15F2N11O2. The van der Waals surface area contributed by atoms with Crippen molar-refractivity contribution in [3.63, 3.8) is 0 Å². The Bertz CT molecular complexity index is 1870. The maximum Gasteiger partial charge on any atom is 0.271 e. The van der Waals surface area contributed by atoms with Gasteiger partial charge in [-0.25, -0.2) is 48.0 Å². The summed E-state index contributed by atoms with van der Waals surface area (Å²) in [6.07, 6.45) is 5.44. The van der Waals surface area contributed by atoms with Crippen LogP contribution in [0, 0.1) is 28.7 Å². The van der Waals surface area contributed by atoms with Crippen molar-refractivity contribution in [2.75, 3.05) is 10.6 Å². The minimum Gasteiger partial charge on any atom is -0.336 e. The zero-order valence-electron chi connectivity index (χ0n) is 19.4. The fourth-order valence-electron chi connectivity index (χ4n) is 3.84. The number of aromatic nitrogens is 8. The Labute approximate surface area is 211 Å². The van der Waals surface area contributed by atoms with Crippen LogP contribution in [0.25, 0.3) is 22.3 Å². The van der Waals surface area contributed by atoms with E-state index in [1.165, 1.54) is 36.1 Å². The van der Waals surface area contributed by atoms with Crippen molar-refractivity contribution in [3.8, 4) is 0 Å². The number of non-ortho nitro benzene ring substituents is 1. The standard InChI is InChI=1S/C23H15F2N11O2/c1-12-2-5-16(15(25)6-12)32-20-18-22(28-8-26-20)34(10-30-18)35-11-31-19-21(27-9-29-23(19)35)33-17-7-13(36(37)38)3-4-14(17)24/h2-11H,1H3,(H,26,28,32)(H,27,29,33). The maximum atomic E-state index is 14.4. The molecule has 0 bridgehead atoms. The third-order valence-electron chi connectivity index (χ3n) is 5.66. The minimum atomic E-state index is -0.704. The number of aryl methyl sites for hydroxylation is 1. The molecule has 0 aliphatic heterocycles. The van der Waals surface area contributed by atoms with E-state index in [0.29, 0.717) is 22.6 Å². The van der Waals surface area contributed by atoms with Crippen LogP contribution in [-0.4, -0.2) is 44.2 Å². The number of nitrogens with zero attached hydrogens (tertiary/aromatic N) is 9. The number of nitro groups is 1. The zero-order chi connectivity index (χ0) is 26.4. The lowest BCUT2D eigenvalue weighted by Gasteiger charge is -2.09. The number of rotatable bonds is 6. The first-order valence-electron chi connectivity index (χ1n) is 11.0. The number of halogens is 2. The summed E-state index contributed by atoms with van der Waals surface area (Å²) in [6.45, 7) is 1.79. The van der Waals surface area contributed by atoms with E-state index in [1.54, 1.807) is 23.7 Å². The first-order valence-corrected chi connectivity index (χ1v) is 11.0. The van der Waals surface area contributed by atoms with Crippen LogP contribution in [0.3, 0.4) is 0 Å². The lowest BCUT2D eigenvalue weighted by Crippen LogP contribution is -2.09. The largest absolute Gasteiger partial charge is 0.336 e. The molecule has 38 heavy (non-hydrogen) atoms. The van der Waals surface area contributed by atoms with Gasteiger partial charge in [0, 0.05) is 12.1 Å². The molecular weight excluding hydrogens is 500 g/mol. The molecule has 2 aromatic carbocycles. The molecule has 0 saturated heterocycles. The Morgan fingerprint density at radius 3 is 1.95 bits per heavy atom. The topological polar surface area (TPSA) is 154 Å². The van der Waals surface area contributed by atoms with Crippen LogP contribution < -0.4 is 10.6 Å². The zero-order valence-corrected chi connectivity index (χ0v) is 19.4. The Morgan fingerprint density at radius 2 is 1.37 bits per heavy atom. The van der Waals surface area contributed by atoms with Crippen LogP contribution in [0.1, 0.15) is 5.56 Å². The van der Waals surface area contributed by atoms with E-state index < -0.39 is 16.6 Å². The average molecular weight is 515 g/mol. The molecule has 4 heterocycles. The van der Waals surface area contributed by atoms with Crippen LogP contribution in [0.5, 0.6) is 0 Å². The predicted octanol–water partition coefficient (Wildman–Crippen LogP) is 4.26. The van der Waals surface area contributed by atoms with Crippen molar-refractivity contribution in [1.29, 1.82) is 0 Å². The van der Waals surface area contributed by atoms with Crippen LogP contribution in [0.2, 0.25) is 0 Å². The molecule has 6 rings (SSSR count). The second kappa shape index (κ2) is 8.81. The summed E-state index contributed by atoms with van der Waals surface area (Å²) in [7, 11) is 0. The first-order chi connectivity index (χ1) is 18.4. The van der Waals surface area contributed by atoms with Crippen molar-refractivity contribution in [2.24, 2.45) is 0 Å². The van der Waals surface area contributed by atoms with Crippen molar-refractivity contribution < 1.29 is 13.7 Å². The van der Waals surface area contributed by atoms with Gasteiger partial charge in [-0.05, 0) is 30.7 Å². The normalized spacial score (nSPS) is 11.2. The second-order valence-electron chi connectivity index (χ2n) is 8.12. The summed E-state index contributed by atoms with van der Waals surface area (Å²) >= 11 is 0. The molecule has 0 atom stereocenters. The van der Waals surface area contributed by atoms with Gasteiger partial charge in [0.1, 0.15) is 36.9 Å². The number of benzene rings is 2. The Kier molecular flexibility index (Phi) is 5.29. The van der Waals surface area contributed by atoms with E-state index in [2.05, 4.69) is 40.5 Å². The molecule has 0 spiro atoms. The summed E-state index contributed by atoms with van der Waals surface area (Å²) in [6, 6.07) is 7.89. The maximum absolute atomic E-state index is 14.4. The number of nitrogens with one attached hydrogen (secondary N) is 2. The van der Waals surface area contributed by atoms with E-state index >= 15 is 0 Å². The molecule has 2 N–H and O–H groups in total. The Balaban J connectivity index is 1.39. The fraction of sp³-hybridized carbons (Fsp3) is 0.0435. The highest BCUT2D eigenvalue weighted by atomic mass is 19.1. The third-order valence-corrected chi connectivity index (χ3v) is 5.66. The molecule has 0 fully saturated rings. The molecule has 0 unspecified atom stereocenters. The van der Waals surface area contributed by atoms with Gasteiger partial charge in [0.05, 0.1) is 16.3 Å². The van der Waals surface area contributed by atoms with Crippen LogP contribution in [0.15, 0.2) is 61.7 Å². The van der Waals surface area contributed by atoms with Crippen molar-refractivity contribution in [1.82, 2.24) is 39.3 Å². The van der Waals surface area contributed by atoms with Crippen LogP contribution in [-0.2, 0) is 0 Å². The third kappa shape index (κ3) is 3.87. The minimum absolute atomic E-state index is 0.129.